The summed E-state index contributed by atoms with van der Waals surface area (Å²) in [7, 11) is -3.90. The molecule has 0 saturated carbocycles. The van der Waals surface area contributed by atoms with Crippen molar-refractivity contribution in [1.29, 1.82) is 0 Å². The van der Waals surface area contributed by atoms with E-state index in [0.717, 1.165) is 29.9 Å². The zero-order valence-electron chi connectivity index (χ0n) is 20.6. The van der Waals surface area contributed by atoms with Crippen molar-refractivity contribution in [2.75, 3.05) is 34.2 Å². The minimum atomic E-state index is -3.90. The van der Waals surface area contributed by atoms with E-state index in [9.17, 15) is 13.2 Å². The molecule has 0 aliphatic carbocycles. The van der Waals surface area contributed by atoms with Crippen LogP contribution in [0.5, 0.6) is 5.75 Å². The highest BCUT2D eigenvalue weighted by atomic mass is 32.2. The average Bonchev–Trinajstić information content (AvgIpc) is 2.89. The minimum Gasteiger partial charge on any atom is -0.476 e. The van der Waals surface area contributed by atoms with Crippen molar-refractivity contribution in [3.63, 3.8) is 0 Å². The quantitative estimate of drug-likeness (QED) is 0.534. The number of sulfonamides is 1. The Kier molecular flexibility index (Phi) is 6.62. The summed E-state index contributed by atoms with van der Waals surface area (Å²) >= 11 is 0. The van der Waals surface area contributed by atoms with E-state index < -0.39 is 22.0 Å². The van der Waals surface area contributed by atoms with Crippen LogP contribution < -0.4 is 19.3 Å². The molecule has 7 nitrogen and oxygen atoms in total. The van der Waals surface area contributed by atoms with Gasteiger partial charge in [0.05, 0.1) is 17.1 Å². The predicted molar refractivity (Wildman–Crippen MR) is 142 cm³/mol. The molecule has 0 radical (unpaired) electrons. The van der Waals surface area contributed by atoms with Gasteiger partial charge in [0, 0.05) is 24.5 Å². The van der Waals surface area contributed by atoms with E-state index in [4.69, 9.17) is 4.74 Å². The van der Waals surface area contributed by atoms with Gasteiger partial charge in [0.2, 0.25) is 0 Å². The van der Waals surface area contributed by atoms with E-state index in [-0.39, 0.29) is 11.4 Å². The average molecular weight is 506 g/mol. The molecule has 3 aromatic rings. The number of anilines is 3. The summed E-state index contributed by atoms with van der Waals surface area (Å²) in [5.74, 6) is -0.0285. The highest BCUT2D eigenvalue weighted by molar-refractivity contribution is 7.92. The van der Waals surface area contributed by atoms with E-state index in [0.29, 0.717) is 17.1 Å². The fraction of sp³-hybridized carbons (Fsp3) is 0.321. The number of piperidine rings is 1. The van der Waals surface area contributed by atoms with Crippen LogP contribution in [-0.2, 0) is 14.8 Å². The van der Waals surface area contributed by atoms with Gasteiger partial charge in [-0.15, -0.1) is 0 Å². The number of ether oxygens (including phenoxy) is 1. The summed E-state index contributed by atoms with van der Waals surface area (Å²) in [4.78, 5) is 15.7. The Morgan fingerprint density at radius 2 is 1.56 bits per heavy atom. The lowest BCUT2D eigenvalue weighted by atomic mass is 10.1. The van der Waals surface area contributed by atoms with E-state index in [1.165, 1.54) is 23.6 Å². The summed E-state index contributed by atoms with van der Waals surface area (Å²) in [6, 6.07) is 19.8. The van der Waals surface area contributed by atoms with Gasteiger partial charge in [-0.3, -0.25) is 9.10 Å². The molecule has 8 heteroatoms. The summed E-state index contributed by atoms with van der Waals surface area (Å²) in [5.41, 5.74) is 4.09. The topological polar surface area (TPSA) is 79.0 Å². The van der Waals surface area contributed by atoms with Crippen LogP contribution in [0.3, 0.4) is 0 Å². The highest BCUT2D eigenvalue weighted by Crippen LogP contribution is 2.38. The number of carbonyl (C=O) groups excluding carboxylic acids is 1. The first-order valence-corrected chi connectivity index (χ1v) is 13.8. The maximum Gasteiger partial charge on any atom is 0.267 e. The van der Waals surface area contributed by atoms with Crippen LogP contribution in [0.1, 0.15) is 30.4 Å². The van der Waals surface area contributed by atoms with Crippen LogP contribution in [-0.4, -0.2) is 40.1 Å². The third kappa shape index (κ3) is 4.91. The molecule has 36 heavy (non-hydrogen) atoms. The molecule has 1 fully saturated rings. The second-order valence-electron chi connectivity index (χ2n) is 9.51. The van der Waals surface area contributed by atoms with E-state index in [1.807, 2.05) is 44.2 Å². The Hall–Kier alpha value is -3.52. The van der Waals surface area contributed by atoms with Crippen LogP contribution >= 0.6 is 0 Å². The Bertz CT molecular complexity index is 1350. The number of aryl methyl sites for hydroxylation is 2. The lowest BCUT2D eigenvalue weighted by Gasteiger charge is -2.35. The van der Waals surface area contributed by atoms with Crippen molar-refractivity contribution in [3.05, 3.63) is 77.9 Å². The zero-order valence-corrected chi connectivity index (χ0v) is 21.4. The molecule has 2 heterocycles. The van der Waals surface area contributed by atoms with Crippen molar-refractivity contribution < 1.29 is 17.9 Å². The van der Waals surface area contributed by atoms with Crippen molar-refractivity contribution in [1.82, 2.24) is 0 Å². The first kappa shape index (κ1) is 24.2. The maximum absolute atomic E-state index is 13.6. The van der Waals surface area contributed by atoms with E-state index >= 15 is 0 Å². The van der Waals surface area contributed by atoms with Gasteiger partial charge in [-0.2, -0.15) is 0 Å². The second-order valence-corrected chi connectivity index (χ2v) is 11.4. The summed E-state index contributed by atoms with van der Waals surface area (Å²) in [6.07, 6.45) is 2.66. The molecule has 2 aliphatic rings. The molecule has 0 bridgehead atoms. The van der Waals surface area contributed by atoms with Crippen LogP contribution in [0.25, 0.3) is 0 Å². The molecule has 1 unspecified atom stereocenters. The Morgan fingerprint density at radius 3 is 2.25 bits per heavy atom. The molecule has 1 amide bonds. The first-order chi connectivity index (χ1) is 17.3. The van der Waals surface area contributed by atoms with Gasteiger partial charge in [0.1, 0.15) is 5.75 Å². The monoisotopic (exact) mass is 505 g/mol. The van der Waals surface area contributed by atoms with Crippen molar-refractivity contribution in [2.45, 2.75) is 44.1 Å². The standard InChI is InChI=1S/C28H31N3O4S/c1-20-6-13-24(14-7-20)36(33,34)31-19-27(35-26-15-8-21(2)18-25(26)31)28(32)29-22-9-11-23(12-10-22)30-16-4-3-5-17-30/h6-15,18,27H,3-5,16-17,19H2,1-2H3,(H,29,32). The predicted octanol–water partition coefficient (Wildman–Crippen LogP) is 4.89. The molecular formula is C28H31N3O4S. The number of hydrogen-bond acceptors (Lipinski definition) is 5. The SMILES string of the molecule is Cc1ccc(S(=O)(=O)N2CC(C(=O)Nc3ccc(N4CCCCC4)cc3)Oc3ccc(C)cc32)cc1. The van der Waals surface area contributed by atoms with E-state index in [2.05, 4.69) is 10.2 Å². The fourth-order valence-corrected chi connectivity index (χ4v) is 6.16. The Labute approximate surface area is 212 Å². The molecule has 188 valence electrons. The minimum absolute atomic E-state index is 0.121. The number of fused-ring (bicyclic) bond motifs is 1. The van der Waals surface area contributed by atoms with Crippen molar-refractivity contribution >= 4 is 33.0 Å². The smallest absolute Gasteiger partial charge is 0.267 e. The number of nitrogens with zero attached hydrogens (tertiary/aromatic N) is 2. The summed E-state index contributed by atoms with van der Waals surface area (Å²) in [5, 5.41) is 2.90. The van der Waals surface area contributed by atoms with Gasteiger partial charge in [0.15, 0.2) is 6.10 Å². The number of hydrogen-bond donors (Lipinski definition) is 1. The van der Waals surface area contributed by atoms with Crippen LogP contribution in [0, 0.1) is 13.8 Å². The highest BCUT2D eigenvalue weighted by Gasteiger charge is 2.37. The van der Waals surface area contributed by atoms with E-state index in [1.54, 1.807) is 36.4 Å². The molecule has 0 aromatic heterocycles. The second kappa shape index (κ2) is 9.85. The lowest BCUT2D eigenvalue weighted by molar-refractivity contribution is -0.122. The van der Waals surface area contributed by atoms with Gasteiger partial charge in [-0.05, 0) is 87.2 Å². The summed E-state index contributed by atoms with van der Waals surface area (Å²) < 4.78 is 34.5. The van der Waals surface area contributed by atoms with Crippen molar-refractivity contribution in [3.8, 4) is 5.75 Å². The molecule has 5 rings (SSSR count). The molecule has 0 spiro atoms. The molecule has 1 atom stereocenters. The van der Waals surface area contributed by atoms with Crippen molar-refractivity contribution in [2.24, 2.45) is 0 Å². The Balaban J connectivity index is 1.38. The van der Waals surface area contributed by atoms with Gasteiger partial charge in [0.25, 0.3) is 15.9 Å². The van der Waals surface area contributed by atoms with Crippen LogP contribution in [0.4, 0.5) is 17.1 Å². The molecular weight excluding hydrogens is 474 g/mol. The normalized spacial score (nSPS) is 17.8. The van der Waals surface area contributed by atoms with Crippen LogP contribution in [0.15, 0.2) is 71.6 Å². The Morgan fingerprint density at radius 1 is 0.889 bits per heavy atom. The number of carbonyl (C=O) groups is 1. The molecule has 3 aromatic carbocycles. The van der Waals surface area contributed by atoms with Gasteiger partial charge in [-0.1, -0.05) is 23.8 Å². The van der Waals surface area contributed by atoms with Gasteiger partial charge >= 0.3 is 0 Å². The molecule has 1 saturated heterocycles. The fourth-order valence-electron chi connectivity index (χ4n) is 4.69. The maximum atomic E-state index is 13.6. The van der Waals surface area contributed by atoms with Crippen LogP contribution in [0.2, 0.25) is 0 Å². The van der Waals surface area contributed by atoms with Gasteiger partial charge in [-0.25, -0.2) is 8.42 Å². The number of rotatable bonds is 5. The zero-order chi connectivity index (χ0) is 25.3. The largest absolute Gasteiger partial charge is 0.476 e. The lowest BCUT2D eigenvalue weighted by Crippen LogP contribution is -2.48. The molecule has 2 aliphatic heterocycles. The first-order valence-electron chi connectivity index (χ1n) is 12.3. The number of amides is 1. The third-order valence-electron chi connectivity index (χ3n) is 6.74. The summed E-state index contributed by atoms with van der Waals surface area (Å²) in [6.45, 7) is 5.77. The number of nitrogens with one attached hydrogen (secondary N) is 1. The molecule has 1 N–H and O–H groups in total. The third-order valence-corrected chi connectivity index (χ3v) is 8.54. The van der Waals surface area contributed by atoms with Gasteiger partial charge < -0.3 is 15.0 Å². The number of benzene rings is 3.